The number of nitrogens with zero attached hydrogens (tertiary/aromatic N) is 7. The van der Waals surface area contributed by atoms with Gasteiger partial charge in [-0.15, -0.1) is 0 Å². The lowest BCUT2D eigenvalue weighted by Crippen LogP contribution is -2.60. The number of aliphatic carboxylic acids is 1. The van der Waals surface area contributed by atoms with Gasteiger partial charge in [-0.1, -0.05) is 12.1 Å². The second kappa shape index (κ2) is 43.6. The lowest BCUT2D eigenvalue weighted by Gasteiger charge is -2.28. The molecule has 41 heteroatoms. The molecule has 35 N–H and O–H groups in total. The number of nitrogens with one attached hydrogen (secondary N) is 9. The monoisotopic (exact) mass is 1350 g/mol. The Morgan fingerprint density at radius 1 is 0.436 bits per heavy atom. The maximum absolute atomic E-state index is 14.6. The van der Waals surface area contributed by atoms with Crippen molar-refractivity contribution in [3.8, 4) is 0 Å². The number of aliphatic hydroxyl groups is 1. The van der Waals surface area contributed by atoms with E-state index in [-0.39, 0.29) is 183 Å². The molecule has 0 saturated carbocycles. The number of benzene rings is 1. The Morgan fingerprint density at radius 3 is 1.10 bits per heavy atom. The lowest BCUT2D eigenvalue weighted by molar-refractivity contribution is -0.142. The molecule has 0 aliphatic heterocycles. The van der Waals surface area contributed by atoms with Crippen LogP contribution in [-0.2, 0) is 48.4 Å². The van der Waals surface area contributed by atoms with Crippen LogP contribution >= 0.6 is 0 Å². The highest BCUT2D eigenvalue weighted by atomic mass is 32.2. The number of rotatable bonds is 47. The van der Waals surface area contributed by atoms with Crippen molar-refractivity contribution in [2.45, 2.75) is 131 Å². The van der Waals surface area contributed by atoms with Crippen LogP contribution in [-0.4, -0.2) is 214 Å². The van der Waals surface area contributed by atoms with E-state index in [4.69, 9.17) is 68.8 Å². The highest BCUT2D eigenvalue weighted by Gasteiger charge is 2.34. The van der Waals surface area contributed by atoms with Crippen molar-refractivity contribution in [1.29, 1.82) is 0 Å². The van der Waals surface area contributed by atoms with Gasteiger partial charge < -0.3 is 122 Å². The molecule has 40 nitrogen and oxygen atoms in total. The molecule has 0 fully saturated rings. The first-order valence-corrected chi connectivity index (χ1v) is 31.3. The average molecular weight is 1350 g/mol. The Labute approximate surface area is 542 Å². The summed E-state index contributed by atoms with van der Waals surface area (Å²) in [5, 5.41) is 42.0. The molecular formula is C53H94N28O12S. The first kappa shape index (κ1) is 79.9. The summed E-state index contributed by atoms with van der Waals surface area (Å²) < 4.78 is 28.7. The first-order chi connectivity index (χ1) is 44.5. The molecule has 0 bridgehead atoms. The van der Waals surface area contributed by atoms with Gasteiger partial charge in [0.2, 0.25) is 51.4 Å². The number of sulfonamides is 1. The topological polar surface area (TPSA) is 719 Å². The van der Waals surface area contributed by atoms with Crippen LogP contribution in [0.1, 0.15) is 83.5 Å². The largest absolute Gasteiger partial charge is 0.480 e. The van der Waals surface area contributed by atoms with E-state index in [1.165, 1.54) is 18.5 Å². The van der Waals surface area contributed by atoms with E-state index < -0.39 is 106 Å². The molecule has 1 heterocycles. The summed E-state index contributed by atoms with van der Waals surface area (Å²) in [7, 11) is -3.93. The summed E-state index contributed by atoms with van der Waals surface area (Å²) in [5.41, 5.74) is 66.1. The number of hydrogen-bond donors (Lipinski definition) is 23. The van der Waals surface area contributed by atoms with E-state index >= 15 is 0 Å². The summed E-state index contributed by atoms with van der Waals surface area (Å²) >= 11 is 0. The summed E-state index contributed by atoms with van der Waals surface area (Å²) in [4.78, 5) is 138. The number of carbonyl (C=O) groups excluding carboxylic acids is 7. The number of carbonyl (C=O) groups is 8. The van der Waals surface area contributed by atoms with Gasteiger partial charge in [0.25, 0.3) is 0 Å². The van der Waals surface area contributed by atoms with E-state index in [2.05, 4.69) is 82.2 Å². The number of fused-ring (bicyclic) bond motifs is 1. The van der Waals surface area contributed by atoms with Gasteiger partial charge in [0.05, 0.1) is 11.5 Å². The van der Waals surface area contributed by atoms with Crippen molar-refractivity contribution < 1.29 is 57.0 Å². The number of pyridine rings is 1. The van der Waals surface area contributed by atoms with Crippen LogP contribution in [0.4, 0.5) is 0 Å². The minimum Gasteiger partial charge on any atom is -0.480 e. The normalized spacial score (nSPS) is 13.2. The molecule has 94 heavy (non-hydrogen) atoms. The third-order valence-corrected chi connectivity index (χ3v) is 14.9. The number of hydrogen-bond acceptors (Lipinski definition) is 19. The lowest BCUT2D eigenvalue weighted by atomic mass is 10.0. The van der Waals surface area contributed by atoms with Gasteiger partial charge in [-0.3, -0.25) is 68.5 Å². The van der Waals surface area contributed by atoms with E-state index in [0.29, 0.717) is 10.8 Å². The van der Waals surface area contributed by atoms with E-state index in [1.807, 2.05) is 0 Å². The summed E-state index contributed by atoms with van der Waals surface area (Å²) in [6.07, 6.45) is 2.13. The van der Waals surface area contributed by atoms with E-state index in [1.54, 1.807) is 18.2 Å². The molecule has 1 aromatic heterocycles. The first-order valence-electron chi connectivity index (χ1n) is 29.9. The molecule has 0 radical (unpaired) electrons. The van der Waals surface area contributed by atoms with Gasteiger partial charge in [0.1, 0.15) is 42.3 Å². The Hall–Kier alpha value is -10.2. The van der Waals surface area contributed by atoms with Crippen LogP contribution in [0.2, 0.25) is 0 Å². The summed E-state index contributed by atoms with van der Waals surface area (Å²) in [6.45, 7) is -1.04. The molecule has 0 saturated heterocycles. The number of aliphatic hydroxyl groups excluding tert-OH is 1. The van der Waals surface area contributed by atoms with Crippen molar-refractivity contribution in [2.75, 3.05) is 65.5 Å². The average Bonchev–Trinajstić information content (AvgIpc) is 0.805. The van der Waals surface area contributed by atoms with Crippen LogP contribution < -0.4 is 116 Å². The van der Waals surface area contributed by atoms with Crippen molar-refractivity contribution in [3.63, 3.8) is 0 Å². The maximum atomic E-state index is 14.6. The Balaban J connectivity index is 2.46. The van der Waals surface area contributed by atoms with Gasteiger partial charge in [0.15, 0.2) is 35.8 Å². The van der Waals surface area contributed by atoms with Crippen LogP contribution in [0.5, 0.6) is 0 Å². The SMILES string of the molecule is NC(N)=NCCC[C@H](NC(=O)[C@H](CCCN=C(N)N)NC(=O)[C@H](CCCN=C(N)N)NC(=O)[C@H](CCCN=C(N)N)NC(=O)[C@H](CCCN=C(N)N)NC(=O)[C@H](CCCN=C(N)N)NC(=O)[C@H](CO)NC(=O)CCNCCNS(=O)(=O)c1cccc2cnccc12)C(=O)O. The number of nitrogens with two attached hydrogens (primary N) is 12. The standard InChI is InChI=1S/C53H94N28O12S/c54-48(55)68-18-2-9-32(41(84)77-34(11-4-20-70-50(58)59)43(86)79-36(13-6-22-72-52(62)63)45(88)81-37(47(90)91)14-7-23-73-53(64)65)76-42(85)33(10-3-19-69-49(56)57)78-44(87)35(12-5-21-71-51(60)61)80-46(89)38(29-82)75-40(83)17-25-66-26-27-74-94(92,93)39-15-1-8-30-28-67-24-16-31(30)39/h1,8,15-16,24,28,32-38,66,74,82H,2-7,9-14,17-23,25-27,29H2,(H,75,83)(H,76,85)(H,77,84)(H,78,87)(H,79,86)(H,80,89)(H,81,88)(H,90,91)(H4,54,55,68)(H4,56,57,69)(H4,58,59,70)(H4,60,61,71)(H4,62,63,72)(H4,64,65,73)/t32-,33-,34-,35-,36-,37-,38-/m0/s1. The van der Waals surface area contributed by atoms with Crippen molar-refractivity contribution in [1.82, 2.24) is 52.2 Å². The number of guanidine groups is 6. The molecule has 0 spiro atoms. The number of carboxylic acid groups (broad SMARTS) is 1. The summed E-state index contributed by atoms with van der Waals surface area (Å²) in [6, 6.07) is -4.24. The van der Waals surface area contributed by atoms with Crippen LogP contribution in [0.15, 0.2) is 71.5 Å². The fraction of sp³-hybridized carbons (Fsp3) is 0.566. The second-order valence-corrected chi connectivity index (χ2v) is 22.7. The molecule has 0 aliphatic rings. The minimum absolute atomic E-state index is 0.00948. The fourth-order valence-corrected chi connectivity index (χ4v) is 9.98. The van der Waals surface area contributed by atoms with Gasteiger partial charge >= 0.3 is 5.97 Å². The molecule has 0 unspecified atom stereocenters. The Morgan fingerprint density at radius 2 is 0.766 bits per heavy atom. The zero-order chi connectivity index (χ0) is 70.2. The highest BCUT2D eigenvalue weighted by Crippen LogP contribution is 2.22. The van der Waals surface area contributed by atoms with E-state index in [9.17, 15) is 57.0 Å². The van der Waals surface area contributed by atoms with Gasteiger partial charge in [-0.2, -0.15) is 0 Å². The molecule has 7 amide bonds. The fourth-order valence-electron chi connectivity index (χ4n) is 8.72. The quantitative estimate of drug-likeness (QED) is 0.0166. The van der Waals surface area contributed by atoms with Gasteiger partial charge in [0, 0.05) is 88.5 Å². The van der Waals surface area contributed by atoms with Gasteiger partial charge in [-0.05, 0) is 89.2 Å². The van der Waals surface area contributed by atoms with Crippen LogP contribution in [0.25, 0.3) is 10.8 Å². The third-order valence-electron chi connectivity index (χ3n) is 13.3. The van der Waals surface area contributed by atoms with Crippen molar-refractivity contribution in [3.05, 3.63) is 36.7 Å². The molecule has 0 aliphatic carbocycles. The summed E-state index contributed by atoms with van der Waals surface area (Å²) in [5.74, 6) is -9.57. The second-order valence-electron chi connectivity index (χ2n) is 21.0. The zero-order valence-electron chi connectivity index (χ0n) is 52.2. The smallest absolute Gasteiger partial charge is 0.326 e. The predicted molar refractivity (Wildman–Crippen MR) is 352 cm³/mol. The molecule has 7 atom stereocenters. The third kappa shape index (κ3) is 33.2. The van der Waals surface area contributed by atoms with Crippen molar-refractivity contribution >= 4 is 104 Å². The van der Waals surface area contributed by atoms with E-state index in [0.717, 1.165) is 0 Å². The van der Waals surface area contributed by atoms with Crippen LogP contribution in [0.3, 0.4) is 0 Å². The predicted octanol–water partition coefficient (Wildman–Crippen LogP) is -9.72. The Bertz CT molecular complexity index is 3080. The number of amides is 7. The van der Waals surface area contributed by atoms with Crippen LogP contribution in [0, 0.1) is 0 Å². The maximum Gasteiger partial charge on any atom is 0.326 e. The minimum atomic E-state index is -3.93. The number of aliphatic imine (C=N–C) groups is 6. The molecule has 2 rings (SSSR count). The molecule has 2 aromatic rings. The number of aromatic nitrogens is 1. The Kier molecular flexibility index (Phi) is 37.1. The number of carboxylic acids is 1. The highest BCUT2D eigenvalue weighted by molar-refractivity contribution is 7.89. The molecule has 1 aromatic carbocycles. The molecular weight excluding hydrogens is 1250 g/mol. The van der Waals surface area contributed by atoms with Gasteiger partial charge in [-0.25, -0.2) is 17.9 Å². The zero-order valence-corrected chi connectivity index (χ0v) is 53.0. The van der Waals surface area contributed by atoms with Crippen molar-refractivity contribution in [2.24, 2.45) is 98.8 Å². The molecule has 524 valence electrons.